The summed E-state index contributed by atoms with van der Waals surface area (Å²) in [6, 6.07) is 0. The molecule has 6 aliphatic carbocycles. The fraction of sp³-hybridized carbons (Fsp3) is 0.571. The Kier molecular flexibility index (Phi) is 2.06. The molecule has 22 heavy (non-hydrogen) atoms. The molecule has 0 saturated heterocycles. The van der Waals surface area contributed by atoms with Gasteiger partial charge in [-0.2, -0.15) is 0 Å². The lowest BCUT2D eigenvalue weighted by Gasteiger charge is -2.45. The van der Waals surface area contributed by atoms with Gasteiger partial charge in [-0.15, -0.1) is 0 Å². The van der Waals surface area contributed by atoms with Crippen molar-refractivity contribution in [2.45, 2.75) is 51.4 Å². The fourth-order valence-corrected chi connectivity index (χ4v) is 6.89. The van der Waals surface area contributed by atoms with Crippen molar-refractivity contribution in [2.75, 3.05) is 0 Å². The minimum absolute atomic E-state index is 0.0874. The van der Waals surface area contributed by atoms with E-state index in [0.29, 0.717) is 17.1 Å². The summed E-state index contributed by atoms with van der Waals surface area (Å²) >= 11 is 0. The van der Waals surface area contributed by atoms with E-state index in [-0.39, 0.29) is 5.92 Å². The first-order chi connectivity index (χ1) is 10.8. The maximum absolute atomic E-state index is 12.4. The van der Waals surface area contributed by atoms with Gasteiger partial charge < -0.3 is 0 Å². The fourth-order valence-electron chi connectivity index (χ4n) is 6.89. The number of Topliss-reactive ketones (excluding diaryl/α,β-unsaturated/α-hetero) is 1. The number of rotatable bonds is 0. The molecule has 0 heterocycles. The lowest BCUT2D eigenvalue weighted by Crippen LogP contribution is -2.34. The van der Waals surface area contributed by atoms with Gasteiger partial charge in [0, 0.05) is 17.8 Å². The summed E-state index contributed by atoms with van der Waals surface area (Å²) in [6.07, 6.45) is 17.0. The molecule has 1 fully saturated rings. The summed E-state index contributed by atoms with van der Waals surface area (Å²) in [7, 11) is 0. The number of ketones is 1. The molecule has 0 aromatic carbocycles. The Hall–Kier alpha value is -1.37. The maximum Gasteiger partial charge on any atom is 0.144 e. The van der Waals surface area contributed by atoms with Gasteiger partial charge in [0.2, 0.25) is 0 Å². The lowest BCUT2D eigenvalue weighted by molar-refractivity contribution is -0.121. The highest BCUT2D eigenvalue weighted by Gasteiger charge is 2.56. The van der Waals surface area contributed by atoms with Gasteiger partial charge in [-0.05, 0) is 62.0 Å². The highest BCUT2D eigenvalue weighted by atomic mass is 16.1. The molecule has 0 N–H and O–H groups in total. The SMILES string of the molecule is O=C1CCC2=C3C=C(C=CC13)C1CCCC3=C1C1CCC23C1. The third-order valence-corrected chi connectivity index (χ3v) is 7.61. The lowest BCUT2D eigenvalue weighted by atomic mass is 9.59. The van der Waals surface area contributed by atoms with Crippen LogP contribution in [0.3, 0.4) is 0 Å². The van der Waals surface area contributed by atoms with Gasteiger partial charge in [0.1, 0.15) is 5.78 Å². The zero-order valence-corrected chi connectivity index (χ0v) is 13.0. The van der Waals surface area contributed by atoms with Crippen LogP contribution in [0.15, 0.2) is 46.1 Å². The molecule has 0 amide bonds. The maximum atomic E-state index is 12.4. The van der Waals surface area contributed by atoms with Gasteiger partial charge in [0.15, 0.2) is 0 Å². The van der Waals surface area contributed by atoms with E-state index in [4.69, 9.17) is 0 Å². The summed E-state index contributed by atoms with van der Waals surface area (Å²) in [5.74, 6) is 2.08. The number of allylic oxidation sites excluding steroid dienone is 8. The van der Waals surface area contributed by atoms with Crippen LogP contribution in [0.5, 0.6) is 0 Å². The topological polar surface area (TPSA) is 17.1 Å². The Balaban J connectivity index is 1.70. The predicted octanol–water partition coefficient (Wildman–Crippen LogP) is 4.67. The van der Waals surface area contributed by atoms with Crippen LogP contribution in [-0.2, 0) is 4.79 Å². The second-order valence-electron chi connectivity index (χ2n) is 8.28. The molecule has 0 aromatic heterocycles. The third kappa shape index (κ3) is 1.19. The summed E-state index contributed by atoms with van der Waals surface area (Å²) in [6.45, 7) is 0. The number of hydrogen-bond acceptors (Lipinski definition) is 1. The second kappa shape index (κ2) is 3.75. The first-order valence-corrected chi connectivity index (χ1v) is 9.17. The van der Waals surface area contributed by atoms with E-state index in [1.165, 1.54) is 49.7 Å². The highest BCUT2D eigenvalue weighted by molar-refractivity contribution is 5.89. The Bertz CT molecular complexity index is 744. The van der Waals surface area contributed by atoms with E-state index in [0.717, 1.165) is 18.8 Å². The van der Waals surface area contributed by atoms with E-state index in [9.17, 15) is 4.79 Å². The minimum atomic E-state index is 0.0874. The number of carbonyl (C=O) groups excluding carboxylic acids is 1. The Morgan fingerprint density at radius 2 is 2.05 bits per heavy atom. The normalized spacial score (nSPS) is 44.3. The Morgan fingerprint density at radius 1 is 1.09 bits per heavy atom. The minimum Gasteiger partial charge on any atom is -0.299 e. The average molecular weight is 290 g/mol. The van der Waals surface area contributed by atoms with E-state index in [1.807, 2.05) is 11.1 Å². The summed E-state index contributed by atoms with van der Waals surface area (Å²) in [5.41, 5.74) is 8.73. The van der Waals surface area contributed by atoms with Crippen molar-refractivity contribution in [3.05, 3.63) is 46.1 Å². The molecule has 0 aliphatic heterocycles. The predicted molar refractivity (Wildman–Crippen MR) is 86.1 cm³/mol. The van der Waals surface area contributed by atoms with Gasteiger partial charge in [0.05, 0.1) is 5.92 Å². The summed E-state index contributed by atoms with van der Waals surface area (Å²) in [5, 5.41) is 0. The van der Waals surface area contributed by atoms with Crippen molar-refractivity contribution in [3.8, 4) is 0 Å². The zero-order valence-electron chi connectivity index (χ0n) is 13.0. The molecular formula is C21H22O. The van der Waals surface area contributed by atoms with E-state index in [1.54, 1.807) is 5.57 Å². The van der Waals surface area contributed by atoms with Gasteiger partial charge in [-0.25, -0.2) is 0 Å². The molecule has 1 spiro atoms. The van der Waals surface area contributed by atoms with Crippen molar-refractivity contribution >= 4 is 5.78 Å². The van der Waals surface area contributed by atoms with Crippen LogP contribution in [0.1, 0.15) is 51.4 Å². The van der Waals surface area contributed by atoms with Crippen LogP contribution in [-0.4, -0.2) is 5.78 Å². The molecule has 1 heteroatoms. The van der Waals surface area contributed by atoms with Crippen LogP contribution in [0.25, 0.3) is 0 Å². The van der Waals surface area contributed by atoms with Crippen molar-refractivity contribution in [3.63, 3.8) is 0 Å². The highest BCUT2D eigenvalue weighted by Crippen LogP contribution is 2.68. The van der Waals surface area contributed by atoms with E-state index < -0.39 is 0 Å². The standard InChI is InChI=1S/C21H22O/c22-19-7-6-17-16-10-12(4-5-15(16)19)14-2-1-3-18-20(14)13-8-9-21(17,18)11-13/h4-5,10,13-15H,1-3,6-9,11H2. The first-order valence-electron chi connectivity index (χ1n) is 9.17. The molecule has 0 aromatic rings. The largest absolute Gasteiger partial charge is 0.299 e. The summed E-state index contributed by atoms with van der Waals surface area (Å²) < 4.78 is 0. The van der Waals surface area contributed by atoms with Gasteiger partial charge in [0.25, 0.3) is 0 Å². The van der Waals surface area contributed by atoms with Crippen LogP contribution in [0, 0.1) is 23.2 Å². The smallest absolute Gasteiger partial charge is 0.144 e. The van der Waals surface area contributed by atoms with Crippen LogP contribution < -0.4 is 0 Å². The monoisotopic (exact) mass is 290 g/mol. The van der Waals surface area contributed by atoms with Gasteiger partial charge in [-0.1, -0.05) is 34.9 Å². The molecular weight excluding hydrogens is 268 g/mol. The Labute approximate surface area is 131 Å². The van der Waals surface area contributed by atoms with Crippen LogP contribution in [0.4, 0.5) is 0 Å². The quantitative estimate of drug-likeness (QED) is 0.593. The molecule has 4 atom stereocenters. The molecule has 1 nitrogen and oxygen atoms in total. The van der Waals surface area contributed by atoms with Crippen LogP contribution >= 0.6 is 0 Å². The molecule has 6 aliphatic rings. The number of carbonyl (C=O) groups is 1. The molecule has 4 unspecified atom stereocenters. The van der Waals surface area contributed by atoms with E-state index in [2.05, 4.69) is 18.2 Å². The van der Waals surface area contributed by atoms with Crippen molar-refractivity contribution in [1.82, 2.24) is 0 Å². The number of hydrogen-bond donors (Lipinski definition) is 0. The van der Waals surface area contributed by atoms with Gasteiger partial charge >= 0.3 is 0 Å². The molecule has 112 valence electrons. The molecule has 0 radical (unpaired) electrons. The third-order valence-electron chi connectivity index (χ3n) is 7.61. The average Bonchev–Trinajstić information content (AvgIpc) is 3.13. The second-order valence-corrected chi connectivity index (χ2v) is 8.28. The summed E-state index contributed by atoms with van der Waals surface area (Å²) in [4.78, 5) is 12.4. The molecule has 1 saturated carbocycles. The van der Waals surface area contributed by atoms with Crippen molar-refractivity contribution in [1.29, 1.82) is 0 Å². The van der Waals surface area contributed by atoms with Crippen molar-refractivity contribution in [2.24, 2.45) is 23.2 Å². The van der Waals surface area contributed by atoms with Gasteiger partial charge in [-0.3, -0.25) is 4.79 Å². The zero-order chi connectivity index (χ0) is 14.5. The molecule has 7 bridgehead atoms. The molecule has 6 rings (SSSR count). The first kappa shape index (κ1) is 12.1. The van der Waals surface area contributed by atoms with Crippen molar-refractivity contribution < 1.29 is 4.79 Å². The van der Waals surface area contributed by atoms with E-state index >= 15 is 0 Å². The Morgan fingerprint density at radius 3 is 3.00 bits per heavy atom. The number of fused-ring (bicyclic) bond motifs is 2. The van der Waals surface area contributed by atoms with Crippen LogP contribution in [0.2, 0.25) is 0 Å².